The predicted molar refractivity (Wildman–Crippen MR) is 94.1 cm³/mol. The summed E-state index contributed by atoms with van der Waals surface area (Å²) in [7, 11) is 1.59. The number of rotatable bonds is 6. The van der Waals surface area contributed by atoms with E-state index in [2.05, 4.69) is 15.3 Å². The van der Waals surface area contributed by atoms with Crippen LogP contribution in [0.5, 0.6) is 11.5 Å². The van der Waals surface area contributed by atoms with E-state index in [0.717, 1.165) is 0 Å². The summed E-state index contributed by atoms with van der Waals surface area (Å²) in [5, 5.41) is 11.0. The van der Waals surface area contributed by atoms with Crippen LogP contribution in [0.2, 0.25) is 0 Å². The van der Waals surface area contributed by atoms with Crippen molar-refractivity contribution in [2.75, 3.05) is 7.11 Å². The number of H-pyrrole nitrogens is 1. The molecule has 0 radical (unpaired) electrons. The van der Waals surface area contributed by atoms with Gasteiger partial charge in [-0.3, -0.25) is 0 Å². The van der Waals surface area contributed by atoms with Gasteiger partial charge in [0.2, 0.25) is 4.77 Å². The van der Waals surface area contributed by atoms with Gasteiger partial charge >= 0.3 is 0 Å². The van der Waals surface area contributed by atoms with Crippen molar-refractivity contribution < 1.29 is 13.9 Å². The molecule has 0 unspecified atom stereocenters. The summed E-state index contributed by atoms with van der Waals surface area (Å²) in [6.07, 6.45) is 1.50. The lowest BCUT2D eigenvalue weighted by atomic mass is 10.2. The van der Waals surface area contributed by atoms with Crippen molar-refractivity contribution in [2.24, 2.45) is 5.10 Å². The quantitative estimate of drug-likeness (QED) is 0.541. The van der Waals surface area contributed by atoms with Crippen LogP contribution in [0.15, 0.2) is 53.6 Å². The average Bonchev–Trinajstić information content (AvgIpc) is 2.98. The Kier molecular flexibility index (Phi) is 5.20. The molecule has 0 bridgehead atoms. The molecule has 0 saturated heterocycles. The molecule has 0 fully saturated rings. The molecule has 6 nitrogen and oxygen atoms in total. The van der Waals surface area contributed by atoms with Gasteiger partial charge < -0.3 is 9.47 Å². The van der Waals surface area contributed by atoms with Crippen LogP contribution in [0, 0.1) is 10.6 Å². The summed E-state index contributed by atoms with van der Waals surface area (Å²) in [5.41, 5.74) is 0.614. The van der Waals surface area contributed by atoms with Crippen molar-refractivity contribution >= 4 is 18.4 Å². The number of ether oxygens (including phenoxy) is 2. The fourth-order valence-electron chi connectivity index (χ4n) is 2.09. The highest BCUT2D eigenvalue weighted by atomic mass is 32.1. The zero-order valence-electron chi connectivity index (χ0n) is 13.3. The van der Waals surface area contributed by atoms with Gasteiger partial charge in [0.1, 0.15) is 23.9 Å². The Hall–Kier alpha value is -3.00. The molecular weight excluding hydrogens is 343 g/mol. The normalized spacial score (nSPS) is 11.0. The fourth-order valence-corrected chi connectivity index (χ4v) is 2.29. The monoisotopic (exact) mass is 358 g/mol. The number of nitrogens with one attached hydrogen (secondary N) is 1. The minimum absolute atomic E-state index is 0.154. The van der Waals surface area contributed by atoms with Crippen molar-refractivity contribution in [1.82, 2.24) is 14.9 Å². The third-order valence-electron chi connectivity index (χ3n) is 3.30. The Labute approximate surface area is 148 Å². The van der Waals surface area contributed by atoms with Crippen LogP contribution in [0.4, 0.5) is 4.39 Å². The molecule has 0 spiro atoms. The smallest absolute Gasteiger partial charge is 0.216 e. The number of benzene rings is 2. The summed E-state index contributed by atoms with van der Waals surface area (Å²) in [6, 6.07) is 13.3. The molecule has 0 aliphatic carbocycles. The number of hydrogen-bond acceptors (Lipinski definition) is 5. The number of hydrogen-bond donors (Lipinski definition) is 1. The van der Waals surface area contributed by atoms with Crippen molar-refractivity contribution in [1.29, 1.82) is 0 Å². The van der Waals surface area contributed by atoms with Crippen LogP contribution in [0.25, 0.3) is 0 Å². The van der Waals surface area contributed by atoms with E-state index in [0.29, 0.717) is 27.7 Å². The van der Waals surface area contributed by atoms with Gasteiger partial charge in [0.05, 0.1) is 13.3 Å². The second-order valence-corrected chi connectivity index (χ2v) is 5.41. The molecule has 0 amide bonds. The molecule has 0 atom stereocenters. The van der Waals surface area contributed by atoms with Crippen LogP contribution in [-0.4, -0.2) is 28.2 Å². The van der Waals surface area contributed by atoms with Gasteiger partial charge in [0, 0.05) is 6.07 Å². The first-order valence-corrected chi connectivity index (χ1v) is 7.79. The third-order valence-corrected chi connectivity index (χ3v) is 3.56. The molecule has 1 N–H and O–H groups in total. The van der Waals surface area contributed by atoms with E-state index in [4.69, 9.17) is 21.7 Å². The zero-order valence-corrected chi connectivity index (χ0v) is 14.2. The first-order valence-electron chi connectivity index (χ1n) is 7.39. The van der Waals surface area contributed by atoms with Gasteiger partial charge in [0.25, 0.3) is 0 Å². The van der Waals surface area contributed by atoms with Crippen molar-refractivity contribution in [3.05, 3.63) is 70.5 Å². The van der Waals surface area contributed by atoms with Crippen LogP contribution in [0.3, 0.4) is 0 Å². The number of halogens is 1. The predicted octanol–water partition coefficient (Wildman–Crippen LogP) is 3.55. The summed E-state index contributed by atoms with van der Waals surface area (Å²) in [4.78, 5) is 0. The maximum absolute atomic E-state index is 13.2. The zero-order chi connectivity index (χ0) is 17.6. The highest BCUT2D eigenvalue weighted by molar-refractivity contribution is 7.71. The molecule has 0 saturated carbocycles. The van der Waals surface area contributed by atoms with E-state index >= 15 is 0 Å². The van der Waals surface area contributed by atoms with Gasteiger partial charge in [0.15, 0.2) is 5.82 Å². The SMILES string of the molecule is COc1cccc(OCc2n[nH]c(=S)n2/N=C\c2cccc(F)c2)c1. The van der Waals surface area contributed by atoms with Gasteiger partial charge in [-0.05, 0) is 42.0 Å². The number of nitrogens with zero attached hydrogens (tertiary/aromatic N) is 3. The van der Waals surface area contributed by atoms with Crippen LogP contribution in [0.1, 0.15) is 11.4 Å². The van der Waals surface area contributed by atoms with Gasteiger partial charge in [-0.15, -0.1) is 0 Å². The van der Waals surface area contributed by atoms with Crippen LogP contribution < -0.4 is 9.47 Å². The summed E-state index contributed by atoms with van der Waals surface area (Å²) < 4.78 is 25.8. The molecule has 0 aliphatic heterocycles. The molecular formula is C17H15FN4O2S. The first kappa shape index (κ1) is 16.8. The number of methoxy groups -OCH3 is 1. The lowest BCUT2D eigenvalue weighted by Gasteiger charge is -2.07. The Balaban J connectivity index is 1.76. The molecule has 3 rings (SSSR count). The maximum Gasteiger partial charge on any atom is 0.216 e. The Morgan fingerprint density at radius 2 is 2.04 bits per heavy atom. The van der Waals surface area contributed by atoms with E-state index in [-0.39, 0.29) is 12.4 Å². The molecule has 3 aromatic rings. The van der Waals surface area contributed by atoms with E-state index in [1.54, 1.807) is 25.3 Å². The number of aromatic nitrogens is 3. The first-order chi connectivity index (χ1) is 12.2. The minimum Gasteiger partial charge on any atom is -0.497 e. The molecule has 1 heterocycles. The largest absolute Gasteiger partial charge is 0.497 e. The molecule has 128 valence electrons. The molecule has 1 aromatic heterocycles. The van der Waals surface area contributed by atoms with Gasteiger partial charge in [-0.25, -0.2) is 9.49 Å². The van der Waals surface area contributed by atoms with Gasteiger partial charge in [-0.2, -0.15) is 14.9 Å². The highest BCUT2D eigenvalue weighted by Gasteiger charge is 2.07. The fraction of sp³-hybridized carbons (Fsp3) is 0.118. The second kappa shape index (κ2) is 7.71. The second-order valence-electron chi connectivity index (χ2n) is 5.02. The van der Waals surface area contributed by atoms with Crippen LogP contribution in [-0.2, 0) is 6.61 Å². The minimum atomic E-state index is -0.332. The lowest BCUT2D eigenvalue weighted by molar-refractivity contribution is 0.288. The third kappa shape index (κ3) is 4.30. The maximum atomic E-state index is 13.2. The Morgan fingerprint density at radius 3 is 2.84 bits per heavy atom. The Bertz CT molecular complexity index is 952. The summed E-state index contributed by atoms with van der Waals surface area (Å²) in [6.45, 7) is 0.154. The molecule has 0 aliphatic rings. The van der Waals surface area contributed by atoms with Crippen molar-refractivity contribution in [2.45, 2.75) is 6.61 Å². The van der Waals surface area contributed by atoms with Gasteiger partial charge in [-0.1, -0.05) is 18.2 Å². The van der Waals surface area contributed by atoms with Crippen molar-refractivity contribution in [3.8, 4) is 11.5 Å². The molecule has 2 aromatic carbocycles. The topological polar surface area (TPSA) is 64.4 Å². The van der Waals surface area contributed by atoms with Crippen molar-refractivity contribution in [3.63, 3.8) is 0 Å². The Morgan fingerprint density at radius 1 is 1.24 bits per heavy atom. The van der Waals surface area contributed by atoms with E-state index in [1.807, 2.05) is 18.2 Å². The highest BCUT2D eigenvalue weighted by Crippen LogP contribution is 2.19. The van der Waals surface area contributed by atoms with E-state index in [9.17, 15) is 4.39 Å². The molecule has 8 heteroatoms. The molecule has 25 heavy (non-hydrogen) atoms. The summed E-state index contributed by atoms with van der Waals surface area (Å²) >= 11 is 5.17. The van der Waals surface area contributed by atoms with Crippen LogP contribution >= 0.6 is 12.2 Å². The standard InChI is InChI=1S/C17H15FN4O2S/c1-23-14-6-3-7-15(9-14)24-11-16-20-21-17(25)22(16)19-10-12-4-2-5-13(18)8-12/h2-10H,11H2,1H3,(H,21,25)/b19-10-. The van der Waals surface area contributed by atoms with E-state index in [1.165, 1.54) is 23.0 Å². The summed E-state index contributed by atoms with van der Waals surface area (Å²) in [5.74, 6) is 1.48. The van der Waals surface area contributed by atoms with E-state index < -0.39 is 0 Å². The number of aromatic amines is 1. The lowest BCUT2D eigenvalue weighted by Crippen LogP contribution is -2.04. The average molecular weight is 358 g/mol.